The lowest BCUT2D eigenvalue weighted by molar-refractivity contribution is 0.402. The molecule has 0 aliphatic carbocycles. The summed E-state index contributed by atoms with van der Waals surface area (Å²) in [6, 6.07) is 3.68. The van der Waals surface area contributed by atoms with Gasteiger partial charge in [0.1, 0.15) is 4.90 Å². The zero-order valence-electron chi connectivity index (χ0n) is 12.8. The fourth-order valence-corrected chi connectivity index (χ4v) is 4.81. The molecule has 2 heterocycles. The van der Waals surface area contributed by atoms with E-state index in [0.29, 0.717) is 5.69 Å². The molecule has 0 spiro atoms. The van der Waals surface area contributed by atoms with Gasteiger partial charge in [-0.1, -0.05) is 0 Å². The lowest BCUT2D eigenvalue weighted by atomic mass is 10.3. The first-order valence-electron chi connectivity index (χ1n) is 6.49. The molecule has 1 atom stereocenters. The summed E-state index contributed by atoms with van der Waals surface area (Å²) >= 11 is 1.59. The standard InChI is InChI=1S/C13H20N4O2S2/c1-8-6-7-11(20-8)9(2)17(5)21(18,19)12-10(3)16(4)15-13(12)14/h6-7,9H,1-5H3,(H2,14,15). The molecular formula is C13H20N4O2S2. The molecule has 0 saturated heterocycles. The molecule has 0 aliphatic heterocycles. The summed E-state index contributed by atoms with van der Waals surface area (Å²) < 4.78 is 28.4. The Hall–Kier alpha value is -1.38. The molecule has 0 amide bonds. The predicted octanol–water partition coefficient (Wildman–Crippen LogP) is 2.06. The van der Waals surface area contributed by atoms with Gasteiger partial charge >= 0.3 is 0 Å². The summed E-state index contributed by atoms with van der Waals surface area (Å²) in [6.07, 6.45) is 0. The quantitative estimate of drug-likeness (QED) is 0.931. The lowest BCUT2D eigenvalue weighted by Crippen LogP contribution is -2.30. The van der Waals surface area contributed by atoms with E-state index in [1.807, 2.05) is 26.0 Å². The highest BCUT2D eigenvalue weighted by Gasteiger charge is 2.32. The number of thiophene rings is 1. The first-order chi connectivity index (χ1) is 9.66. The van der Waals surface area contributed by atoms with Crippen LogP contribution in [0.2, 0.25) is 0 Å². The van der Waals surface area contributed by atoms with Crippen LogP contribution < -0.4 is 5.73 Å². The van der Waals surface area contributed by atoms with E-state index in [0.717, 1.165) is 9.75 Å². The Kier molecular flexibility index (Phi) is 4.14. The van der Waals surface area contributed by atoms with Crippen molar-refractivity contribution in [3.8, 4) is 0 Å². The Bertz CT molecular complexity index is 761. The zero-order chi connectivity index (χ0) is 15.9. The minimum Gasteiger partial charge on any atom is -0.381 e. The fourth-order valence-electron chi connectivity index (χ4n) is 2.14. The summed E-state index contributed by atoms with van der Waals surface area (Å²) in [5, 5.41) is 3.99. The second-order valence-corrected chi connectivity index (χ2v) is 8.32. The van der Waals surface area contributed by atoms with Crippen LogP contribution in [0.5, 0.6) is 0 Å². The minimum absolute atomic E-state index is 0.0383. The maximum atomic E-state index is 12.8. The molecule has 0 radical (unpaired) electrons. The molecule has 116 valence electrons. The van der Waals surface area contributed by atoms with Crippen LogP contribution in [0.25, 0.3) is 0 Å². The first-order valence-corrected chi connectivity index (χ1v) is 8.75. The number of hydrogen-bond donors (Lipinski definition) is 1. The highest BCUT2D eigenvalue weighted by molar-refractivity contribution is 7.89. The molecular weight excluding hydrogens is 308 g/mol. The van der Waals surface area contributed by atoms with E-state index in [1.165, 1.54) is 8.99 Å². The average Bonchev–Trinajstić information content (AvgIpc) is 2.92. The normalized spacial score (nSPS) is 13.8. The summed E-state index contributed by atoms with van der Waals surface area (Å²) in [5.74, 6) is 0.0383. The number of sulfonamides is 1. The topological polar surface area (TPSA) is 81.2 Å². The van der Waals surface area contributed by atoms with Crippen molar-refractivity contribution in [2.45, 2.75) is 31.7 Å². The fraction of sp³-hybridized carbons (Fsp3) is 0.462. The highest BCUT2D eigenvalue weighted by atomic mass is 32.2. The number of aromatic nitrogens is 2. The molecule has 0 saturated carbocycles. The van der Waals surface area contributed by atoms with Crippen LogP contribution in [0.1, 0.15) is 28.4 Å². The van der Waals surface area contributed by atoms with Gasteiger partial charge in [-0.05, 0) is 32.9 Å². The number of rotatable bonds is 4. The molecule has 2 N–H and O–H groups in total. The van der Waals surface area contributed by atoms with E-state index in [-0.39, 0.29) is 16.8 Å². The second kappa shape index (κ2) is 5.43. The predicted molar refractivity (Wildman–Crippen MR) is 84.8 cm³/mol. The molecule has 2 rings (SSSR count). The third kappa shape index (κ3) is 2.70. The summed E-state index contributed by atoms with van der Waals surface area (Å²) in [7, 11) is -0.438. The number of nitrogens with zero attached hydrogens (tertiary/aromatic N) is 3. The zero-order valence-corrected chi connectivity index (χ0v) is 14.4. The van der Waals surface area contributed by atoms with Crippen molar-refractivity contribution in [3.63, 3.8) is 0 Å². The number of anilines is 1. The Morgan fingerprint density at radius 1 is 1.38 bits per heavy atom. The molecule has 6 nitrogen and oxygen atoms in total. The van der Waals surface area contributed by atoms with E-state index in [9.17, 15) is 8.42 Å². The summed E-state index contributed by atoms with van der Waals surface area (Å²) in [4.78, 5) is 2.24. The highest BCUT2D eigenvalue weighted by Crippen LogP contribution is 2.32. The van der Waals surface area contributed by atoms with Crippen molar-refractivity contribution in [2.75, 3.05) is 12.8 Å². The molecule has 21 heavy (non-hydrogen) atoms. The monoisotopic (exact) mass is 328 g/mol. The van der Waals surface area contributed by atoms with Gasteiger partial charge in [0.15, 0.2) is 5.82 Å². The summed E-state index contributed by atoms with van der Waals surface area (Å²) in [5.41, 5.74) is 6.31. The van der Waals surface area contributed by atoms with Crippen molar-refractivity contribution in [1.82, 2.24) is 14.1 Å². The van der Waals surface area contributed by atoms with Crippen LogP contribution in [0.4, 0.5) is 5.82 Å². The molecule has 1 unspecified atom stereocenters. The van der Waals surface area contributed by atoms with Crippen LogP contribution in [-0.2, 0) is 17.1 Å². The lowest BCUT2D eigenvalue weighted by Gasteiger charge is -2.23. The van der Waals surface area contributed by atoms with Gasteiger partial charge in [0.2, 0.25) is 10.0 Å². The number of nitrogen functional groups attached to an aromatic ring is 1. The van der Waals surface area contributed by atoms with Crippen LogP contribution in [-0.4, -0.2) is 29.6 Å². The van der Waals surface area contributed by atoms with Crippen LogP contribution >= 0.6 is 11.3 Å². The Balaban J connectivity index is 2.43. The molecule has 0 bridgehead atoms. The van der Waals surface area contributed by atoms with Crippen molar-refractivity contribution in [3.05, 3.63) is 27.6 Å². The van der Waals surface area contributed by atoms with Gasteiger partial charge in [-0.25, -0.2) is 8.42 Å². The molecule has 2 aromatic heterocycles. The molecule has 2 aromatic rings. The van der Waals surface area contributed by atoms with Crippen molar-refractivity contribution >= 4 is 27.2 Å². The van der Waals surface area contributed by atoms with E-state index in [2.05, 4.69) is 5.10 Å². The van der Waals surface area contributed by atoms with Gasteiger partial charge in [0.25, 0.3) is 0 Å². The Morgan fingerprint density at radius 2 is 2.00 bits per heavy atom. The van der Waals surface area contributed by atoms with Crippen molar-refractivity contribution < 1.29 is 8.42 Å². The first kappa shape index (κ1) is 16.0. The Labute approximate surface area is 129 Å². The molecule has 8 heteroatoms. The van der Waals surface area contributed by atoms with E-state index < -0.39 is 10.0 Å². The van der Waals surface area contributed by atoms with Gasteiger partial charge in [0, 0.05) is 23.8 Å². The van der Waals surface area contributed by atoms with Gasteiger partial charge in [-0.3, -0.25) is 4.68 Å². The molecule has 0 aliphatic rings. The van der Waals surface area contributed by atoms with E-state index in [1.54, 1.807) is 32.4 Å². The SMILES string of the molecule is Cc1ccc(C(C)N(C)S(=O)(=O)c2c(N)nn(C)c2C)s1. The van der Waals surface area contributed by atoms with Crippen LogP contribution in [0, 0.1) is 13.8 Å². The van der Waals surface area contributed by atoms with E-state index in [4.69, 9.17) is 5.73 Å². The van der Waals surface area contributed by atoms with Crippen LogP contribution in [0.15, 0.2) is 17.0 Å². The largest absolute Gasteiger partial charge is 0.381 e. The van der Waals surface area contributed by atoms with Gasteiger partial charge < -0.3 is 5.73 Å². The third-order valence-corrected chi connectivity index (χ3v) is 6.93. The number of hydrogen-bond acceptors (Lipinski definition) is 5. The average molecular weight is 328 g/mol. The van der Waals surface area contributed by atoms with E-state index >= 15 is 0 Å². The Morgan fingerprint density at radius 3 is 2.43 bits per heavy atom. The maximum Gasteiger partial charge on any atom is 0.248 e. The number of nitrogens with two attached hydrogens (primary N) is 1. The van der Waals surface area contributed by atoms with Crippen molar-refractivity contribution in [1.29, 1.82) is 0 Å². The smallest absolute Gasteiger partial charge is 0.248 e. The minimum atomic E-state index is -3.69. The third-order valence-electron chi connectivity index (χ3n) is 3.66. The number of aryl methyl sites for hydroxylation is 2. The molecule has 0 aromatic carbocycles. The van der Waals surface area contributed by atoms with Gasteiger partial charge in [0.05, 0.1) is 11.7 Å². The van der Waals surface area contributed by atoms with Crippen molar-refractivity contribution in [2.24, 2.45) is 7.05 Å². The molecule has 0 fully saturated rings. The van der Waals surface area contributed by atoms with Crippen LogP contribution in [0.3, 0.4) is 0 Å². The summed E-state index contributed by atoms with van der Waals surface area (Å²) in [6.45, 7) is 5.56. The van der Waals surface area contributed by atoms with Gasteiger partial charge in [-0.2, -0.15) is 9.40 Å². The maximum absolute atomic E-state index is 12.8. The van der Waals surface area contributed by atoms with Gasteiger partial charge in [-0.15, -0.1) is 11.3 Å². The second-order valence-electron chi connectivity index (χ2n) is 5.07.